The van der Waals surface area contributed by atoms with Gasteiger partial charge in [-0.25, -0.2) is 9.79 Å². The number of halogens is 1. The number of aromatic nitrogens is 1. The van der Waals surface area contributed by atoms with Gasteiger partial charge in [0.2, 0.25) is 5.91 Å². The van der Waals surface area contributed by atoms with Crippen molar-refractivity contribution in [3.05, 3.63) is 52.7 Å². The lowest BCUT2D eigenvalue weighted by Crippen LogP contribution is -2.55. The molecule has 2 aromatic rings. The number of benzene rings is 1. The molecular weight excluding hydrogens is 492 g/mol. The fourth-order valence-electron chi connectivity index (χ4n) is 4.47. The smallest absolute Gasteiger partial charge is 0.407 e. The van der Waals surface area contributed by atoms with Crippen LogP contribution in [0, 0.1) is 5.41 Å². The highest BCUT2D eigenvalue weighted by molar-refractivity contribution is 6.30. The topological polar surface area (TPSA) is 111 Å². The van der Waals surface area contributed by atoms with Gasteiger partial charge in [-0.1, -0.05) is 23.7 Å². The van der Waals surface area contributed by atoms with E-state index >= 15 is 0 Å². The Labute approximate surface area is 223 Å². The molecule has 10 heteroatoms. The van der Waals surface area contributed by atoms with Crippen LogP contribution in [-0.4, -0.2) is 66.7 Å². The molecule has 200 valence electrons. The third-order valence-electron chi connectivity index (χ3n) is 6.53. The molecule has 1 aromatic carbocycles. The van der Waals surface area contributed by atoms with Crippen molar-refractivity contribution in [3.8, 4) is 0 Å². The molecule has 37 heavy (non-hydrogen) atoms. The van der Waals surface area contributed by atoms with Crippen molar-refractivity contribution in [3.63, 3.8) is 0 Å². The molecule has 3 N–H and O–H groups in total. The summed E-state index contributed by atoms with van der Waals surface area (Å²) < 4.78 is 5.42. The zero-order valence-corrected chi connectivity index (χ0v) is 23.0. The third-order valence-corrected chi connectivity index (χ3v) is 6.78. The highest BCUT2D eigenvalue weighted by Gasteiger charge is 2.43. The first-order valence-electron chi connectivity index (χ1n) is 12.4. The average Bonchev–Trinajstić information content (AvgIpc) is 3.32. The van der Waals surface area contributed by atoms with Crippen molar-refractivity contribution < 1.29 is 14.3 Å². The highest BCUT2D eigenvalue weighted by atomic mass is 35.5. The van der Waals surface area contributed by atoms with Crippen molar-refractivity contribution >= 4 is 42.0 Å². The average molecular weight is 529 g/mol. The van der Waals surface area contributed by atoms with Gasteiger partial charge in [0.1, 0.15) is 17.3 Å². The van der Waals surface area contributed by atoms with Crippen molar-refractivity contribution in [2.24, 2.45) is 15.4 Å². The van der Waals surface area contributed by atoms with Gasteiger partial charge in [-0.2, -0.15) is 0 Å². The molecule has 0 aliphatic carbocycles. The number of nitrogens with one attached hydrogen (secondary N) is 3. The fraction of sp³-hybridized carbons (Fsp3) is 0.481. The van der Waals surface area contributed by atoms with E-state index in [0.717, 1.165) is 17.0 Å². The van der Waals surface area contributed by atoms with Crippen LogP contribution in [0.3, 0.4) is 0 Å². The number of piperidine rings is 1. The number of carbonyl (C=O) groups is 2. The Balaban J connectivity index is 1.78. The van der Waals surface area contributed by atoms with Crippen LogP contribution >= 0.6 is 11.6 Å². The van der Waals surface area contributed by atoms with Crippen LogP contribution in [0.2, 0.25) is 5.02 Å². The molecular formula is C27H37ClN6O3. The van der Waals surface area contributed by atoms with E-state index in [0.29, 0.717) is 36.8 Å². The Kier molecular flexibility index (Phi) is 9.02. The molecule has 1 aliphatic heterocycles. The molecule has 1 saturated heterocycles. The van der Waals surface area contributed by atoms with Gasteiger partial charge < -0.3 is 25.3 Å². The quantitative estimate of drug-likeness (QED) is 0.352. The molecule has 1 aromatic heterocycles. The van der Waals surface area contributed by atoms with Crippen LogP contribution in [0.15, 0.2) is 46.5 Å². The minimum absolute atomic E-state index is 0.115. The Bertz CT molecular complexity index is 1130. The van der Waals surface area contributed by atoms with E-state index in [-0.39, 0.29) is 18.5 Å². The molecule has 0 radical (unpaired) electrons. The highest BCUT2D eigenvalue weighted by Crippen LogP contribution is 2.34. The zero-order valence-electron chi connectivity index (χ0n) is 22.2. The third kappa shape index (κ3) is 7.13. The number of amidine groups is 1. The lowest BCUT2D eigenvalue weighted by atomic mass is 9.76. The maximum atomic E-state index is 13.7. The summed E-state index contributed by atoms with van der Waals surface area (Å²) in [5.74, 6) is 1.32. The van der Waals surface area contributed by atoms with E-state index in [2.05, 4.69) is 37.2 Å². The lowest BCUT2D eigenvalue weighted by molar-refractivity contribution is -0.133. The number of ether oxygens (including phenoxy) is 1. The van der Waals surface area contributed by atoms with Gasteiger partial charge in [0.05, 0.1) is 17.0 Å². The van der Waals surface area contributed by atoms with Gasteiger partial charge in [0, 0.05) is 37.9 Å². The first kappa shape index (κ1) is 28.2. The number of H-pyrrole nitrogens is 1. The summed E-state index contributed by atoms with van der Waals surface area (Å²) in [5.41, 5.74) is 0.358. The van der Waals surface area contributed by atoms with Crippen molar-refractivity contribution in [2.45, 2.75) is 52.2 Å². The number of likely N-dealkylation sites (tertiary alicyclic amines) is 1. The first-order valence-corrected chi connectivity index (χ1v) is 12.8. The fourth-order valence-corrected chi connectivity index (χ4v) is 4.60. The molecule has 1 aliphatic rings. The molecule has 3 rings (SSSR count). The summed E-state index contributed by atoms with van der Waals surface area (Å²) in [6.45, 7) is 12.3. The molecule has 0 unspecified atom stereocenters. The SMILES string of the molecule is C=Nc1[nH]ccc1C(=NC)N1CCC(CNC(=O)OC(C)(C)C)(C(=O)N[C@@H](C)c2ccc(Cl)cc2)CC1. The second-order valence-electron chi connectivity index (χ2n) is 10.3. The van der Waals surface area contributed by atoms with Crippen LogP contribution in [0.4, 0.5) is 10.6 Å². The van der Waals surface area contributed by atoms with Gasteiger partial charge in [-0.3, -0.25) is 9.79 Å². The van der Waals surface area contributed by atoms with E-state index in [1.807, 2.05) is 25.1 Å². The molecule has 2 heterocycles. The predicted octanol–water partition coefficient (Wildman–Crippen LogP) is 4.86. The number of aromatic amines is 1. The summed E-state index contributed by atoms with van der Waals surface area (Å²) in [6, 6.07) is 9.09. The zero-order chi connectivity index (χ0) is 27.2. The first-order chi connectivity index (χ1) is 17.5. The Morgan fingerprint density at radius 2 is 1.86 bits per heavy atom. The van der Waals surface area contributed by atoms with E-state index in [1.165, 1.54) is 0 Å². The number of rotatable bonds is 7. The Hall–Kier alpha value is -3.33. The lowest BCUT2D eigenvalue weighted by Gasteiger charge is -2.42. The van der Waals surface area contributed by atoms with Crippen LogP contribution in [0.1, 0.15) is 57.7 Å². The Morgan fingerprint density at radius 1 is 1.22 bits per heavy atom. The maximum Gasteiger partial charge on any atom is 0.407 e. The van der Waals surface area contributed by atoms with Crippen LogP contribution in [0.25, 0.3) is 0 Å². The Morgan fingerprint density at radius 3 is 2.43 bits per heavy atom. The normalized spacial score (nSPS) is 16.6. The van der Waals surface area contributed by atoms with Gasteiger partial charge in [0.15, 0.2) is 0 Å². The van der Waals surface area contributed by atoms with Crippen LogP contribution < -0.4 is 10.6 Å². The molecule has 0 saturated carbocycles. The minimum atomic E-state index is -0.815. The monoisotopic (exact) mass is 528 g/mol. The van der Waals surface area contributed by atoms with E-state index in [1.54, 1.807) is 46.1 Å². The van der Waals surface area contributed by atoms with Gasteiger partial charge >= 0.3 is 6.09 Å². The number of hydrogen-bond acceptors (Lipinski definition) is 5. The van der Waals surface area contributed by atoms with Gasteiger partial charge in [-0.15, -0.1) is 0 Å². The number of hydrogen-bond donors (Lipinski definition) is 3. The number of alkyl carbamates (subject to hydrolysis) is 1. The van der Waals surface area contributed by atoms with Crippen molar-refractivity contribution in [1.82, 2.24) is 20.5 Å². The second kappa shape index (κ2) is 11.8. The van der Waals surface area contributed by atoms with Crippen LogP contribution in [0.5, 0.6) is 0 Å². The van der Waals surface area contributed by atoms with Crippen molar-refractivity contribution in [2.75, 3.05) is 26.7 Å². The molecule has 0 spiro atoms. The molecule has 2 amide bonds. The number of nitrogens with zero attached hydrogens (tertiary/aromatic N) is 3. The number of amides is 2. The molecule has 9 nitrogen and oxygen atoms in total. The second-order valence-corrected chi connectivity index (χ2v) is 10.8. The summed E-state index contributed by atoms with van der Waals surface area (Å²) >= 11 is 6.02. The van der Waals surface area contributed by atoms with Gasteiger partial charge in [0.25, 0.3) is 0 Å². The van der Waals surface area contributed by atoms with E-state index in [4.69, 9.17) is 16.3 Å². The standard InChI is InChI=1S/C27H37ClN6O3/c1-18(19-7-9-20(28)10-8-19)33-24(35)27(17-32-25(36)37-26(2,3)4)12-15-34(16-13-27)23(30-6)21-11-14-31-22(21)29-5/h7-11,14,18,31H,5,12-13,15-17H2,1-4,6H3,(H,32,36)(H,33,35)/t18-/m0/s1. The number of carbonyl (C=O) groups excluding carboxylic acids is 2. The summed E-state index contributed by atoms with van der Waals surface area (Å²) in [5, 5.41) is 6.63. The molecule has 1 fully saturated rings. The van der Waals surface area contributed by atoms with E-state index in [9.17, 15) is 9.59 Å². The van der Waals surface area contributed by atoms with E-state index < -0.39 is 17.1 Å². The summed E-state index contributed by atoms with van der Waals surface area (Å²) in [4.78, 5) is 39.9. The van der Waals surface area contributed by atoms with Crippen molar-refractivity contribution in [1.29, 1.82) is 0 Å². The summed E-state index contributed by atoms with van der Waals surface area (Å²) in [7, 11) is 1.74. The predicted molar refractivity (Wildman–Crippen MR) is 148 cm³/mol. The largest absolute Gasteiger partial charge is 0.444 e. The number of aliphatic imine (C=N–C) groups is 2. The van der Waals surface area contributed by atoms with Crippen LogP contribution in [-0.2, 0) is 9.53 Å². The van der Waals surface area contributed by atoms with Gasteiger partial charge in [-0.05, 0) is 71.0 Å². The summed E-state index contributed by atoms with van der Waals surface area (Å²) in [6.07, 6.45) is 2.29. The molecule has 1 atom stereocenters. The minimum Gasteiger partial charge on any atom is -0.444 e. The maximum absolute atomic E-state index is 13.7. The molecule has 0 bridgehead atoms.